The molecule has 3 nitrogen and oxygen atoms in total. The van der Waals surface area contributed by atoms with Crippen molar-refractivity contribution in [3.63, 3.8) is 0 Å². The molecule has 3 heteroatoms. The van der Waals surface area contributed by atoms with Crippen LogP contribution in [0.1, 0.15) is 181 Å². The molecule has 1 aliphatic rings. The second-order valence-corrected chi connectivity index (χ2v) is 11.7. The van der Waals surface area contributed by atoms with Crippen molar-refractivity contribution < 1.29 is 9.48 Å². The van der Waals surface area contributed by atoms with E-state index in [0.717, 1.165) is 19.6 Å². The zero-order valence-corrected chi connectivity index (χ0v) is 26.2. The quantitative estimate of drug-likeness (QED) is 0.0534. The SMILES string of the molecule is CCCCCCCC/C=C\CCCCCCCC[N+]1(OCC)C=CN=C1CCCCCCCCCCCC. The molecule has 0 amide bonds. The van der Waals surface area contributed by atoms with E-state index >= 15 is 0 Å². The van der Waals surface area contributed by atoms with Gasteiger partial charge in [-0.2, -0.15) is 4.84 Å². The molecule has 0 spiro atoms. The highest BCUT2D eigenvalue weighted by Crippen LogP contribution is 2.24. The lowest BCUT2D eigenvalue weighted by atomic mass is 10.1. The molecule has 0 aromatic heterocycles. The fourth-order valence-corrected chi connectivity index (χ4v) is 5.65. The molecule has 0 aromatic rings. The van der Waals surface area contributed by atoms with Gasteiger partial charge in [0.15, 0.2) is 6.20 Å². The highest BCUT2D eigenvalue weighted by Gasteiger charge is 2.36. The number of allylic oxidation sites excluding steroid dienone is 2. The van der Waals surface area contributed by atoms with Crippen LogP contribution in [0, 0.1) is 0 Å². The fraction of sp³-hybridized carbons (Fsp3) is 0.857. The van der Waals surface area contributed by atoms with Crippen LogP contribution < -0.4 is 0 Å². The van der Waals surface area contributed by atoms with Gasteiger partial charge < -0.3 is 0 Å². The van der Waals surface area contributed by atoms with Gasteiger partial charge in [-0.3, -0.25) is 0 Å². The van der Waals surface area contributed by atoms with Crippen molar-refractivity contribution in [2.24, 2.45) is 4.99 Å². The Morgan fingerprint density at radius 3 is 1.53 bits per heavy atom. The Bertz CT molecular complexity index is 597. The van der Waals surface area contributed by atoms with E-state index < -0.39 is 0 Å². The van der Waals surface area contributed by atoms with E-state index in [1.54, 1.807) is 0 Å². The van der Waals surface area contributed by atoms with E-state index in [0.29, 0.717) is 4.65 Å². The summed E-state index contributed by atoms with van der Waals surface area (Å²) in [5.74, 6) is 1.24. The van der Waals surface area contributed by atoms with Crippen LogP contribution in [0.5, 0.6) is 0 Å². The summed E-state index contributed by atoms with van der Waals surface area (Å²) < 4.78 is 0.567. The van der Waals surface area contributed by atoms with Gasteiger partial charge in [0.05, 0.1) is 6.20 Å². The smallest absolute Gasteiger partial charge is 0.200 e. The first kappa shape index (κ1) is 35.1. The van der Waals surface area contributed by atoms with Crippen molar-refractivity contribution >= 4 is 5.84 Å². The lowest BCUT2D eigenvalue weighted by molar-refractivity contribution is -0.994. The topological polar surface area (TPSA) is 21.6 Å². The predicted molar refractivity (Wildman–Crippen MR) is 169 cm³/mol. The molecule has 1 atom stereocenters. The summed E-state index contributed by atoms with van der Waals surface area (Å²) in [6.07, 6.45) is 42.8. The highest BCUT2D eigenvalue weighted by atomic mass is 16.7. The lowest BCUT2D eigenvalue weighted by Gasteiger charge is -2.29. The first-order valence-corrected chi connectivity index (χ1v) is 17.2. The normalized spacial score (nSPS) is 17.2. The van der Waals surface area contributed by atoms with Gasteiger partial charge in [-0.15, -0.1) is 4.65 Å². The first-order chi connectivity index (χ1) is 18.8. The zero-order valence-electron chi connectivity index (χ0n) is 26.2. The zero-order chi connectivity index (χ0) is 27.4. The molecule has 38 heavy (non-hydrogen) atoms. The number of quaternary nitrogens is 1. The van der Waals surface area contributed by atoms with E-state index in [-0.39, 0.29) is 0 Å². The molecule has 222 valence electrons. The molecule has 0 bridgehead atoms. The summed E-state index contributed by atoms with van der Waals surface area (Å²) >= 11 is 0. The monoisotopic (exact) mass is 532 g/mol. The van der Waals surface area contributed by atoms with Gasteiger partial charge in [0.2, 0.25) is 5.84 Å². The van der Waals surface area contributed by atoms with E-state index in [1.807, 2.05) is 6.20 Å². The second-order valence-electron chi connectivity index (χ2n) is 11.7. The van der Waals surface area contributed by atoms with Crippen molar-refractivity contribution in [2.75, 3.05) is 13.2 Å². The Balaban J connectivity index is 2.06. The number of nitrogens with zero attached hydrogens (tertiary/aromatic N) is 2. The number of rotatable bonds is 29. The van der Waals surface area contributed by atoms with Gasteiger partial charge in [-0.05, 0) is 45.4 Å². The van der Waals surface area contributed by atoms with Crippen LogP contribution in [0.2, 0.25) is 0 Å². The van der Waals surface area contributed by atoms with Crippen molar-refractivity contribution in [3.05, 3.63) is 24.6 Å². The molecule has 1 rings (SSSR count). The molecular formula is C35H67N2O+. The Morgan fingerprint density at radius 1 is 0.579 bits per heavy atom. The molecule has 0 saturated heterocycles. The van der Waals surface area contributed by atoms with E-state index in [1.165, 1.54) is 160 Å². The van der Waals surface area contributed by atoms with Crippen LogP contribution in [0.25, 0.3) is 0 Å². The Hall–Kier alpha value is -0.930. The van der Waals surface area contributed by atoms with Gasteiger partial charge in [0.25, 0.3) is 0 Å². The number of amidine groups is 1. The summed E-state index contributed by atoms with van der Waals surface area (Å²) in [7, 11) is 0. The largest absolute Gasteiger partial charge is 0.240 e. The van der Waals surface area contributed by atoms with Crippen LogP contribution in [0.15, 0.2) is 29.5 Å². The van der Waals surface area contributed by atoms with Crippen LogP contribution in [-0.2, 0) is 4.84 Å². The number of aliphatic imine (C=N–C) groups is 1. The van der Waals surface area contributed by atoms with Gasteiger partial charge in [-0.25, -0.2) is 4.99 Å². The minimum absolute atomic E-state index is 0.567. The van der Waals surface area contributed by atoms with Gasteiger partial charge in [0.1, 0.15) is 13.2 Å². The van der Waals surface area contributed by atoms with Crippen LogP contribution in [0.3, 0.4) is 0 Å². The average Bonchev–Trinajstić information content (AvgIpc) is 3.31. The number of hydrogen-bond acceptors (Lipinski definition) is 2. The van der Waals surface area contributed by atoms with Crippen LogP contribution in [0.4, 0.5) is 0 Å². The molecular weight excluding hydrogens is 464 g/mol. The predicted octanol–water partition coefficient (Wildman–Crippen LogP) is 12.0. The Kier molecular flexibility index (Phi) is 24.3. The first-order valence-electron chi connectivity index (χ1n) is 17.2. The van der Waals surface area contributed by atoms with Crippen LogP contribution >= 0.6 is 0 Å². The third-order valence-corrected chi connectivity index (χ3v) is 8.08. The Labute approximate surface area is 239 Å². The molecule has 0 radical (unpaired) electrons. The van der Waals surface area contributed by atoms with Crippen molar-refractivity contribution in [2.45, 2.75) is 181 Å². The van der Waals surface area contributed by atoms with Crippen molar-refractivity contribution in [1.82, 2.24) is 0 Å². The second kappa shape index (κ2) is 26.3. The average molecular weight is 532 g/mol. The molecule has 1 heterocycles. The standard InChI is InChI=1S/C35H67N2O/c1-4-7-9-11-13-15-17-18-19-20-21-22-24-26-28-30-33-37(38-6-3)34-32-36-35(37)31-29-27-25-23-16-14-12-10-8-5-2/h18-19,32,34H,4-17,20-31,33H2,1-3H3/q+1/b19-18-. The third kappa shape index (κ3) is 18.4. The van der Waals surface area contributed by atoms with Crippen LogP contribution in [-0.4, -0.2) is 23.6 Å². The van der Waals surface area contributed by atoms with Crippen molar-refractivity contribution in [3.8, 4) is 0 Å². The van der Waals surface area contributed by atoms with Gasteiger partial charge in [-0.1, -0.05) is 135 Å². The minimum Gasteiger partial charge on any atom is -0.200 e. The number of hydrogen-bond donors (Lipinski definition) is 0. The van der Waals surface area contributed by atoms with E-state index in [2.05, 4.69) is 39.1 Å². The molecule has 0 aromatic carbocycles. The summed E-state index contributed by atoms with van der Waals surface area (Å²) in [4.78, 5) is 11.0. The maximum atomic E-state index is 6.28. The molecule has 1 aliphatic heterocycles. The number of unbranched alkanes of at least 4 members (excludes halogenated alkanes) is 21. The molecule has 0 fully saturated rings. The number of hydroxylamine groups is 3. The molecule has 0 N–H and O–H groups in total. The molecule has 0 saturated carbocycles. The van der Waals surface area contributed by atoms with Gasteiger partial charge in [0, 0.05) is 12.8 Å². The lowest BCUT2D eigenvalue weighted by Crippen LogP contribution is -2.47. The van der Waals surface area contributed by atoms with Crippen molar-refractivity contribution in [1.29, 1.82) is 0 Å². The summed E-state index contributed by atoms with van der Waals surface area (Å²) in [6, 6.07) is 0. The van der Waals surface area contributed by atoms with E-state index in [4.69, 9.17) is 9.83 Å². The molecule has 1 unspecified atom stereocenters. The molecule has 0 aliphatic carbocycles. The van der Waals surface area contributed by atoms with E-state index in [9.17, 15) is 0 Å². The highest BCUT2D eigenvalue weighted by molar-refractivity contribution is 5.77. The maximum absolute atomic E-state index is 6.28. The van der Waals surface area contributed by atoms with Gasteiger partial charge >= 0.3 is 0 Å². The summed E-state index contributed by atoms with van der Waals surface area (Å²) in [5, 5.41) is 0. The fourth-order valence-electron chi connectivity index (χ4n) is 5.65. The Morgan fingerprint density at radius 2 is 1.03 bits per heavy atom. The summed E-state index contributed by atoms with van der Waals surface area (Å²) in [5.41, 5.74) is 0. The third-order valence-electron chi connectivity index (χ3n) is 8.08. The minimum atomic E-state index is 0.567. The summed E-state index contributed by atoms with van der Waals surface area (Å²) in [6.45, 7) is 8.49. The maximum Gasteiger partial charge on any atom is 0.240 e.